The van der Waals surface area contributed by atoms with E-state index in [-0.39, 0.29) is 5.91 Å². The van der Waals surface area contributed by atoms with E-state index in [1.54, 1.807) is 37.3 Å². The summed E-state index contributed by atoms with van der Waals surface area (Å²) in [6.45, 7) is 1.31. The Morgan fingerprint density at radius 2 is 2.18 bits per heavy atom. The van der Waals surface area contributed by atoms with Gasteiger partial charge in [0.2, 0.25) is 0 Å². The number of aromatic nitrogens is 2. The van der Waals surface area contributed by atoms with E-state index in [2.05, 4.69) is 25.9 Å². The number of carbonyl (C=O) groups excluding carboxylic acids is 1. The van der Waals surface area contributed by atoms with Crippen LogP contribution >= 0.6 is 15.9 Å². The molecule has 1 aliphatic rings. The van der Waals surface area contributed by atoms with Gasteiger partial charge in [0.1, 0.15) is 5.52 Å². The minimum atomic E-state index is -0.0555. The predicted molar refractivity (Wildman–Crippen MR) is 88.7 cm³/mol. The molecule has 0 fully saturated rings. The first kappa shape index (κ1) is 15.1. The van der Waals surface area contributed by atoms with E-state index < -0.39 is 0 Å². The van der Waals surface area contributed by atoms with Crippen molar-refractivity contribution in [1.82, 2.24) is 14.9 Å². The summed E-state index contributed by atoms with van der Waals surface area (Å²) in [5, 5.41) is 0. The lowest BCUT2D eigenvalue weighted by molar-refractivity contribution is 0.0827. The molecule has 2 heterocycles. The average molecular weight is 362 g/mol. The summed E-state index contributed by atoms with van der Waals surface area (Å²) in [7, 11) is 3.46. The number of nitrogens with zero attached hydrogens (tertiary/aromatic N) is 3. The Balaban J connectivity index is 2.10. The molecule has 5 nitrogen and oxygen atoms in total. The molecule has 0 spiro atoms. The maximum absolute atomic E-state index is 12.2. The molecule has 0 saturated carbocycles. The van der Waals surface area contributed by atoms with Crippen LogP contribution in [-0.2, 0) is 4.74 Å². The van der Waals surface area contributed by atoms with Crippen molar-refractivity contribution in [2.45, 2.75) is 6.42 Å². The summed E-state index contributed by atoms with van der Waals surface area (Å²) < 4.78 is 6.10. The van der Waals surface area contributed by atoms with E-state index in [9.17, 15) is 4.79 Å². The van der Waals surface area contributed by atoms with Crippen molar-refractivity contribution in [1.29, 1.82) is 0 Å². The lowest BCUT2D eigenvalue weighted by Crippen LogP contribution is -2.21. The topological polar surface area (TPSA) is 55.3 Å². The molecule has 6 heteroatoms. The molecule has 0 unspecified atom stereocenters. The number of benzene rings is 1. The molecule has 3 rings (SSSR count). The molecular weight excluding hydrogens is 346 g/mol. The summed E-state index contributed by atoms with van der Waals surface area (Å²) in [4.78, 5) is 22.9. The Labute approximate surface area is 137 Å². The minimum absolute atomic E-state index is 0.0555. The molecule has 1 aromatic heterocycles. The second-order valence-electron chi connectivity index (χ2n) is 5.33. The van der Waals surface area contributed by atoms with Crippen LogP contribution in [0.2, 0.25) is 0 Å². The van der Waals surface area contributed by atoms with Crippen LogP contribution in [0.4, 0.5) is 0 Å². The first-order chi connectivity index (χ1) is 10.6. The van der Waals surface area contributed by atoms with Crippen LogP contribution < -0.4 is 0 Å². The van der Waals surface area contributed by atoms with Gasteiger partial charge in [0.05, 0.1) is 30.6 Å². The summed E-state index contributed by atoms with van der Waals surface area (Å²) >= 11 is 3.48. The molecule has 0 N–H and O–H groups in total. The molecule has 1 aromatic carbocycles. The fraction of sp³-hybridized carbons (Fsp3) is 0.312. The number of fused-ring (bicyclic) bond motifs is 1. The van der Waals surface area contributed by atoms with Gasteiger partial charge in [-0.3, -0.25) is 9.78 Å². The maximum Gasteiger partial charge on any atom is 0.253 e. The largest absolute Gasteiger partial charge is 0.377 e. The van der Waals surface area contributed by atoms with E-state index >= 15 is 0 Å². The molecule has 0 atom stereocenters. The highest BCUT2D eigenvalue weighted by molar-refractivity contribution is 9.10. The van der Waals surface area contributed by atoms with Crippen LogP contribution in [0.5, 0.6) is 0 Å². The Hall–Kier alpha value is -1.79. The monoisotopic (exact) mass is 361 g/mol. The first-order valence-corrected chi connectivity index (χ1v) is 7.80. The van der Waals surface area contributed by atoms with Crippen LogP contribution in [0.1, 0.15) is 22.5 Å². The zero-order valence-corrected chi connectivity index (χ0v) is 14.1. The Kier molecular flexibility index (Phi) is 4.22. The van der Waals surface area contributed by atoms with Crippen molar-refractivity contribution in [3.8, 4) is 0 Å². The molecule has 22 heavy (non-hydrogen) atoms. The quantitative estimate of drug-likeness (QED) is 0.825. The van der Waals surface area contributed by atoms with Gasteiger partial charge < -0.3 is 9.64 Å². The molecule has 0 saturated heterocycles. The summed E-state index contributed by atoms with van der Waals surface area (Å²) in [5.74, 6) is -0.0555. The highest BCUT2D eigenvalue weighted by Gasteiger charge is 2.14. The number of carbonyl (C=O) groups is 1. The van der Waals surface area contributed by atoms with Gasteiger partial charge >= 0.3 is 0 Å². The summed E-state index contributed by atoms with van der Waals surface area (Å²) in [6.07, 6.45) is 4.64. The molecule has 1 amide bonds. The Morgan fingerprint density at radius 3 is 2.86 bits per heavy atom. The number of halogens is 1. The Morgan fingerprint density at radius 1 is 1.36 bits per heavy atom. The smallest absolute Gasteiger partial charge is 0.253 e. The standard InChI is InChI=1S/C16H16BrN3O2/c1-20(2)16(21)11-7-12(17)15-13(8-11)19-14(9-18-15)10-3-5-22-6-4-10/h3,7-9H,4-6H2,1-2H3. The van der Waals surface area contributed by atoms with Gasteiger partial charge in [-0.05, 0) is 40.1 Å². The number of hydrogen-bond acceptors (Lipinski definition) is 4. The third-order valence-corrected chi connectivity index (χ3v) is 4.15. The van der Waals surface area contributed by atoms with Crippen molar-refractivity contribution >= 4 is 38.4 Å². The van der Waals surface area contributed by atoms with Crippen LogP contribution in [0.3, 0.4) is 0 Å². The van der Waals surface area contributed by atoms with E-state index in [0.717, 1.165) is 27.7 Å². The fourth-order valence-electron chi connectivity index (χ4n) is 2.38. The maximum atomic E-state index is 12.2. The zero-order valence-electron chi connectivity index (χ0n) is 12.5. The SMILES string of the molecule is CN(C)C(=O)c1cc(Br)c2ncc(C3=CCOCC3)nc2c1. The second kappa shape index (κ2) is 6.14. The van der Waals surface area contributed by atoms with E-state index in [1.165, 1.54) is 0 Å². The number of ether oxygens (including phenoxy) is 1. The highest BCUT2D eigenvalue weighted by atomic mass is 79.9. The van der Waals surface area contributed by atoms with Gasteiger partial charge in [-0.2, -0.15) is 0 Å². The van der Waals surface area contributed by atoms with Gasteiger partial charge in [0, 0.05) is 24.1 Å². The summed E-state index contributed by atoms with van der Waals surface area (Å²) in [6, 6.07) is 3.57. The lowest BCUT2D eigenvalue weighted by Gasteiger charge is -2.14. The number of amides is 1. The Bertz CT molecular complexity index is 771. The van der Waals surface area contributed by atoms with Gasteiger partial charge in [-0.1, -0.05) is 6.08 Å². The summed E-state index contributed by atoms with van der Waals surface area (Å²) in [5.41, 5.74) is 4.05. The van der Waals surface area contributed by atoms with Gasteiger partial charge in [-0.25, -0.2) is 4.98 Å². The third-order valence-electron chi connectivity index (χ3n) is 3.55. The van der Waals surface area contributed by atoms with Gasteiger partial charge in [0.25, 0.3) is 5.91 Å². The number of rotatable bonds is 2. The van der Waals surface area contributed by atoms with Crippen molar-refractivity contribution in [3.05, 3.63) is 40.1 Å². The predicted octanol–water partition coefficient (Wildman–Crippen LogP) is 2.90. The van der Waals surface area contributed by atoms with E-state index in [0.29, 0.717) is 24.3 Å². The first-order valence-electron chi connectivity index (χ1n) is 7.01. The number of hydrogen-bond donors (Lipinski definition) is 0. The lowest BCUT2D eigenvalue weighted by atomic mass is 10.1. The molecule has 0 bridgehead atoms. The van der Waals surface area contributed by atoms with E-state index in [4.69, 9.17) is 4.74 Å². The van der Waals surface area contributed by atoms with Crippen LogP contribution in [-0.4, -0.2) is 48.1 Å². The second-order valence-corrected chi connectivity index (χ2v) is 6.19. The normalized spacial score (nSPS) is 14.8. The highest BCUT2D eigenvalue weighted by Crippen LogP contribution is 2.26. The fourth-order valence-corrected chi connectivity index (χ4v) is 2.93. The van der Waals surface area contributed by atoms with Crippen molar-refractivity contribution in [2.24, 2.45) is 0 Å². The van der Waals surface area contributed by atoms with Crippen molar-refractivity contribution in [2.75, 3.05) is 27.3 Å². The third kappa shape index (κ3) is 2.89. The molecular formula is C16H16BrN3O2. The molecule has 114 valence electrons. The van der Waals surface area contributed by atoms with Crippen molar-refractivity contribution in [3.63, 3.8) is 0 Å². The van der Waals surface area contributed by atoms with E-state index in [1.807, 2.05) is 6.08 Å². The minimum Gasteiger partial charge on any atom is -0.377 e. The molecule has 1 aliphatic heterocycles. The van der Waals surface area contributed by atoms with Crippen LogP contribution in [0.25, 0.3) is 16.6 Å². The zero-order chi connectivity index (χ0) is 15.7. The van der Waals surface area contributed by atoms with Crippen molar-refractivity contribution < 1.29 is 9.53 Å². The molecule has 0 aliphatic carbocycles. The molecule has 2 aromatic rings. The van der Waals surface area contributed by atoms with Crippen LogP contribution in [0.15, 0.2) is 28.9 Å². The molecule has 0 radical (unpaired) electrons. The average Bonchev–Trinajstić information content (AvgIpc) is 2.54. The van der Waals surface area contributed by atoms with Gasteiger partial charge in [0.15, 0.2) is 0 Å². The van der Waals surface area contributed by atoms with Gasteiger partial charge in [-0.15, -0.1) is 0 Å². The van der Waals surface area contributed by atoms with Crippen LogP contribution in [0, 0.1) is 0 Å².